The molecule has 0 spiro atoms. The van der Waals surface area contributed by atoms with E-state index in [0.29, 0.717) is 0 Å². The molecule has 2 atom stereocenters. The Morgan fingerprint density at radius 3 is 1.08 bits per heavy atom. The smallest absolute Gasteiger partial charge is 0.306 e. The number of rotatable bonds is 32. The summed E-state index contributed by atoms with van der Waals surface area (Å²) in [6.45, 7) is 9.28. The van der Waals surface area contributed by atoms with E-state index in [4.69, 9.17) is 0 Å². The van der Waals surface area contributed by atoms with Crippen LogP contribution in [0.4, 0.5) is 0 Å². The largest absolute Gasteiger partial charge is 0.481 e. The van der Waals surface area contributed by atoms with Gasteiger partial charge in [0.15, 0.2) is 0 Å². The molecule has 2 nitrogen and oxygen atoms in total. The predicted molar refractivity (Wildman–Crippen MR) is 175 cm³/mol. The summed E-state index contributed by atoms with van der Waals surface area (Å²) in [7, 11) is 0. The molecule has 0 aliphatic rings. The summed E-state index contributed by atoms with van der Waals surface area (Å²) in [5, 5.41) is 10.1. The van der Waals surface area contributed by atoms with E-state index in [1.54, 1.807) is 0 Å². The van der Waals surface area contributed by atoms with Gasteiger partial charge in [-0.1, -0.05) is 195 Å². The predicted octanol–water partition coefficient (Wildman–Crippen LogP) is 13.5. The van der Waals surface area contributed by atoms with Crippen molar-refractivity contribution in [1.29, 1.82) is 0 Å². The van der Waals surface area contributed by atoms with Crippen LogP contribution in [-0.4, -0.2) is 11.1 Å². The lowest BCUT2D eigenvalue weighted by molar-refractivity contribution is -0.143. The molecule has 0 aromatic carbocycles. The fraction of sp³-hybridized carbons (Fsp3) is 0.973. The maximum atomic E-state index is 12.3. The highest BCUT2D eigenvalue weighted by molar-refractivity contribution is 5.70. The lowest BCUT2D eigenvalue weighted by Crippen LogP contribution is -2.26. The molecular formula is C37H74O2. The van der Waals surface area contributed by atoms with Gasteiger partial charge in [0.2, 0.25) is 0 Å². The molecule has 0 aromatic heterocycles. The van der Waals surface area contributed by atoms with E-state index in [9.17, 15) is 9.90 Å². The molecule has 0 amide bonds. The molecule has 0 heterocycles. The minimum Gasteiger partial charge on any atom is -0.481 e. The summed E-state index contributed by atoms with van der Waals surface area (Å²) in [6, 6.07) is 0. The maximum Gasteiger partial charge on any atom is 0.306 e. The van der Waals surface area contributed by atoms with E-state index in [2.05, 4.69) is 27.7 Å². The Balaban J connectivity index is 4.39. The monoisotopic (exact) mass is 551 g/mol. The van der Waals surface area contributed by atoms with Crippen molar-refractivity contribution in [3.05, 3.63) is 0 Å². The van der Waals surface area contributed by atoms with Crippen molar-refractivity contribution in [2.45, 2.75) is 220 Å². The molecule has 0 rings (SSSR count). The Morgan fingerprint density at radius 2 is 0.769 bits per heavy atom. The van der Waals surface area contributed by atoms with Gasteiger partial charge in [-0.25, -0.2) is 0 Å². The fourth-order valence-corrected chi connectivity index (χ4v) is 6.49. The van der Waals surface area contributed by atoms with Gasteiger partial charge in [0.1, 0.15) is 0 Å². The Labute approximate surface area is 247 Å². The van der Waals surface area contributed by atoms with Crippen LogP contribution in [0.2, 0.25) is 0 Å². The number of carbonyl (C=O) groups is 1. The van der Waals surface area contributed by atoms with Crippen LogP contribution in [0, 0.1) is 11.3 Å². The first-order valence-electron chi connectivity index (χ1n) is 18.2. The zero-order valence-corrected chi connectivity index (χ0v) is 27.6. The Bertz CT molecular complexity index is 502. The number of carboxylic acid groups (broad SMARTS) is 1. The number of unbranched alkanes of at least 4 members (excludes halogenated alkanes) is 23. The van der Waals surface area contributed by atoms with E-state index in [1.165, 1.54) is 173 Å². The van der Waals surface area contributed by atoms with Gasteiger partial charge in [-0.3, -0.25) is 4.79 Å². The van der Waals surface area contributed by atoms with E-state index >= 15 is 0 Å². The van der Waals surface area contributed by atoms with Crippen molar-refractivity contribution in [3.63, 3.8) is 0 Å². The molecule has 0 radical (unpaired) electrons. The quantitative estimate of drug-likeness (QED) is 0.0845. The number of hydrogen-bond donors (Lipinski definition) is 1. The molecule has 2 unspecified atom stereocenters. The maximum absolute atomic E-state index is 12.3. The van der Waals surface area contributed by atoms with E-state index in [1.807, 2.05) is 0 Å². The third kappa shape index (κ3) is 26.1. The van der Waals surface area contributed by atoms with Gasteiger partial charge in [0, 0.05) is 0 Å². The molecule has 0 saturated heterocycles. The van der Waals surface area contributed by atoms with Gasteiger partial charge in [-0.05, 0) is 31.1 Å². The minimum atomic E-state index is -0.539. The van der Waals surface area contributed by atoms with E-state index in [-0.39, 0.29) is 11.3 Å². The highest BCUT2D eigenvalue weighted by Crippen LogP contribution is 2.39. The van der Waals surface area contributed by atoms with Crippen molar-refractivity contribution < 1.29 is 9.90 Å². The molecular weight excluding hydrogens is 476 g/mol. The van der Waals surface area contributed by atoms with Crippen molar-refractivity contribution in [2.75, 3.05) is 0 Å². The molecule has 1 N–H and O–H groups in total. The van der Waals surface area contributed by atoms with Crippen LogP contribution in [-0.2, 0) is 4.79 Å². The van der Waals surface area contributed by atoms with Crippen LogP contribution in [0.3, 0.4) is 0 Å². The molecule has 39 heavy (non-hydrogen) atoms. The number of hydrogen-bond acceptors (Lipinski definition) is 1. The average Bonchev–Trinajstić information content (AvgIpc) is 2.92. The second-order valence-corrected chi connectivity index (χ2v) is 13.5. The topological polar surface area (TPSA) is 37.3 Å². The van der Waals surface area contributed by atoms with Gasteiger partial charge in [0.05, 0.1) is 5.92 Å². The van der Waals surface area contributed by atoms with Crippen molar-refractivity contribution in [1.82, 2.24) is 0 Å². The molecule has 0 fully saturated rings. The lowest BCUT2D eigenvalue weighted by atomic mass is 9.72. The first kappa shape index (κ1) is 38.5. The zero-order chi connectivity index (χ0) is 28.9. The molecule has 234 valence electrons. The van der Waals surface area contributed by atoms with Crippen LogP contribution in [0.5, 0.6) is 0 Å². The average molecular weight is 551 g/mol. The van der Waals surface area contributed by atoms with Crippen LogP contribution in [0.1, 0.15) is 220 Å². The molecule has 0 aliphatic heterocycles. The Hall–Kier alpha value is -0.530. The third-order valence-electron chi connectivity index (χ3n) is 9.26. The van der Waals surface area contributed by atoms with Gasteiger partial charge in [-0.15, -0.1) is 0 Å². The van der Waals surface area contributed by atoms with Gasteiger partial charge in [0.25, 0.3) is 0 Å². The summed E-state index contributed by atoms with van der Waals surface area (Å²) in [5.41, 5.74) is 0.202. The highest BCUT2D eigenvalue weighted by atomic mass is 16.4. The van der Waals surface area contributed by atoms with Gasteiger partial charge >= 0.3 is 5.97 Å². The zero-order valence-electron chi connectivity index (χ0n) is 27.6. The SMILES string of the molecule is CCCCCCCCCCCCCCC(CC(C)(CCCCCCCC)CCCCCCCCCC)C(=O)O. The van der Waals surface area contributed by atoms with Crippen LogP contribution < -0.4 is 0 Å². The molecule has 2 heteroatoms. The number of aliphatic carboxylic acids is 1. The van der Waals surface area contributed by atoms with Crippen LogP contribution >= 0.6 is 0 Å². The molecule has 0 saturated carbocycles. The summed E-state index contributed by atoms with van der Waals surface area (Å²) < 4.78 is 0. The second kappa shape index (κ2) is 29.0. The van der Waals surface area contributed by atoms with E-state index in [0.717, 1.165) is 19.3 Å². The summed E-state index contributed by atoms with van der Waals surface area (Å²) in [5.74, 6) is -0.685. The lowest BCUT2D eigenvalue weighted by Gasteiger charge is -2.33. The fourth-order valence-electron chi connectivity index (χ4n) is 6.49. The molecule has 0 bridgehead atoms. The summed E-state index contributed by atoms with van der Waals surface area (Å²) in [6.07, 6.45) is 39.1. The Morgan fingerprint density at radius 1 is 0.487 bits per heavy atom. The summed E-state index contributed by atoms with van der Waals surface area (Å²) >= 11 is 0. The first-order chi connectivity index (χ1) is 19.0. The normalized spacial score (nSPS) is 13.9. The molecule has 0 aromatic rings. The number of carboxylic acids is 1. The van der Waals surface area contributed by atoms with E-state index < -0.39 is 5.97 Å². The third-order valence-corrected chi connectivity index (χ3v) is 9.26. The summed E-state index contributed by atoms with van der Waals surface area (Å²) in [4.78, 5) is 12.3. The van der Waals surface area contributed by atoms with Crippen LogP contribution in [0.25, 0.3) is 0 Å². The molecule has 0 aliphatic carbocycles. The minimum absolute atomic E-state index is 0.146. The van der Waals surface area contributed by atoms with Crippen molar-refractivity contribution >= 4 is 5.97 Å². The Kier molecular flexibility index (Phi) is 28.6. The van der Waals surface area contributed by atoms with Crippen LogP contribution in [0.15, 0.2) is 0 Å². The first-order valence-corrected chi connectivity index (χ1v) is 18.2. The van der Waals surface area contributed by atoms with Crippen molar-refractivity contribution in [3.8, 4) is 0 Å². The second-order valence-electron chi connectivity index (χ2n) is 13.5. The van der Waals surface area contributed by atoms with Gasteiger partial charge in [-0.2, -0.15) is 0 Å². The van der Waals surface area contributed by atoms with Gasteiger partial charge < -0.3 is 5.11 Å². The highest BCUT2D eigenvalue weighted by Gasteiger charge is 2.30. The standard InChI is InChI=1S/C37H74O2/c1-5-8-11-14-17-19-20-21-22-23-25-28-31-35(36(38)39)34-37(4,32-29-26-16-13-10-7-3)33-30-27-24-18-15-12-9-6-2/h35H,5-34H2,1-4H3,(H,38,39). The van der Waals surface area contributed by atoms with Crippen molar-refractivity contribution in [2.24, 2.45) is 11.3 Å².